The highest BCUT2D eigenvalue weighted by Gasteiger charge is 2.17. The van der Waals surface area contributed by atoms with Crippen LogP contribution in [0.5, 0.6) is 0 Å². The molecule has 1 amide bonds. The molecule has 3 nitrogen and oxygen atoms in total. The van der Waals surface area contributed by atoms with Crippen LogP contribution in [0.2, 0.25) is 0 Å². The zero-order chi connectivity index (χ0) is 8.15. The first-order valence-electron chi connectivity index (χ1n) is 3.60. The van der Waals surface area contributed by atoms with E-state index in [9.17, 15) is 4.79 Å². The normalized spacial score (nSPS) is 14.5. The zero-order valence-electron chi connectivity index (χ0n) is 7.26. The topological polar surface area (TPSA) is 55.1 Å². The number of nitrogens with one attached hydrogen (secondary N) is 1. The molecule has 0 aromatic rings. The van der Waals surface area contributed by atoms with Gasteiger partial charge < -0.3 is 11.1 Å². The highest BCUT2D eigenvalue weighted by Crippen LogP contribution is 2.04. The number of nitrogens with two attached hydrogens (primary N) is 1. The SMILES string of the molecule is CC[C@@H](C)[C@H](N)C(=O)NC.Cl. The van der Waals surface area contributed by atoms with Crippen LogP contribution in [0.4, 0.5) is 0 Å². The van der Waals surface area contributed by atoms with Crippen molar-refractivity contribution in [3.05, 3.63) is 0 Å². The third-order valence-electron chi connectivity index (χ3n) is 1.81. The molecule has 0 spiro atoms. The third kappa shape index (κ3) is 4.22. The van der Waals surface area contributed by atoms with Gasteiger partial charge in [0, 0.05) is 7.05 Å². The van der Waals surface area contributed by atoms with Crippen molar-refractivity contribution in [2.75, 3.05) is 7.05 Å². The van der Waals surface area contributed by atoms with E-state index in [1.54, 1.807) is 7.05 Å². The predicted octanol–water partition coefficient (Wildman–Crippen LogP) is 0.528. The fourth-order valence-electron chi connectivity index (χ4n) is 0.679. The van der Waals surface area contributed by atoms with Crippen molar-refractivity contribution in [3.63, 3.8) is 0 Å². The summed E-state index contributed by atoms with van der Waals surface area (Å²) < 4.78 is 0. The quantitative estimate of drug-likeness (QED) is 0.666. The van der Waals surface area contributed by atoms with Crippen molar-refractivity contribution in [1.82, 2.24) is 5.32 Å². The van der Waals surface area contributed by atoms with Crippen LogP contribution >= 0.6 is 12.4 Å². The standard InChI is InChI=1S/C7H16N2O.ClH/c1-4-5(2)6(8)7(10)9-3;/h5-6H,4,8H2,1-3H3,(H,9,10);1H/t5-,6+;/m1./s1. The van der Waals surface area contributed by atoms with Gasteiger partial charge in [0.25, 0.3) is 0 Å². The van der Waals surface area contributed by atoms with Gasteiger partial charge in [-0.1, -0.05) is 20.3 Å². The Labute approximate surface area is 74.1 Å². The van der Waals surface area contributed by atoms with Crippen molar-refractivity contribution in [3.8, 4) is 0 Å². The summed E-state index contributed by atoms with van der Waals surface area (Å²) in [6.07, 6.45) is 0.939. The Hall–Kier alpha value is -0.280. The highest BCUT2D eigenvalue weighted by atomic mass is 35.5. The van der Waals surface area contributed by atoms with Gasteiger partial charge in [0.15, 0.2) is 0 Å². The van der Waals surface area contributed by atoms with Gasteiger partial charge in [-0.3, -0.25) is 4.79 Å². The number of likely N-dealkylation sites (N-methyl/N-ethyl adjacent to an activating group) is 1. The van der Waals surface area contributed by atoms with Crippen molar-refractivity contribution in [2.24, 2.45) is 11.7 Å². The summed E-state index contributed by atoms with van der Waals surface area (Å²) in [7, 11) is 1.60. The molecule has 0 saturated carbocycles. The van der Waals surface area contributed by atoms with Gasteiger partial charge in [0.1, 0.15) is 0 Å². The Morgan fingerprint density at radius 3 is 2.36 bits per heavy atom. The maximum Gasteiger partial charge on any atom is 0.236 e. The van der Waals surface area contributed by atoms with Crippen LogP contribution in [-0.2, 0) is 4.79 Å². The van der Waals surface area contributed by atoms with Gasteiger partial charge in [0.2, 0.25) is 5.91 Å². The van der Waals surface area contributed by atoms with Crippen LogP contribution < -0.4 is 11.1 Å². The van der Waals surface area contributed by atoms with Crippen LogP contribution in [0.15, 0.2) is 0 Å². The van der Waals surface area contributed by atoms with E-state index in [0.29, 0.717) is 0 Å². The van der Waals surface area contributed by atoms with E-state index in [-0.39, 0.29) is 30.3 Å². The van der Waals surface area contributed by atoms with Gasteiger partial charge in [-0.2, -0.15) is 0 Å². The lowest BCUT2D eigenvalue weighted by Crippen LogP contribution is -2.43. The molecule has 0 rings (SSSR count). The third-order valence-corrected chi connectivity index (χ3v) is 1.81. The van der Waals surface area contributed by atoms with E-state index in [2.05, 4.69) is 5.32 Å². The molecule has 0 aromatic heterocycles. The molecule has 0 heterocycles. The van der Waals surface area contributed by atoms with E-state index in [4.69, 9.17) is 5.73 Å². The van der Waals surface area contributed by atoms with E-state index in [1.807, 2.05) is 13.8 Å². The lowest BCUT2D eigenvalue weighted by molar-refractivity contribution is -0.122. The Balaban J connectivity index is 0. The van der Waals surface area contributed by atoms with Gasteiger partial charge in [0.05, 0.1) is 6.04 Å². The van der Waals surface area contributed by atoms with Gasteiger partial charge in [-0.05, 0) is 5.92 Å². The number of carbonyl (C=O) groups excluding carboxylic acids is 1. The average Bonchev–Trinajstić information content (AvgIpc) is 2.00. The van der Waals surface area contributed by atoms with Gasteiger partial charge in [-0.15, -0.1) is 12.4 Å². The monoisotopic (exact) mass is 180 g/mol. The molecule has 0 fully saturated rings. The second-order valence-corrected chi connectivity index (χ2v) is 2.53. The number of amides is 1. The molecule has 0 bridgehead atoms. The first-order valence-corrected chi connectivity index (χ1v) is 3.60. The summed E-state index contributed by atoms with van der Waals surface area (Å²) in [5.41, 5.74) is 5.57. The zero-order valence-corrected chi connectivity index (χ0v) is 8.07. The van der Waals surface area contributed by atoms with Crippen LogP contribution in [0.25, 0.3) is 0 Å². The number of hydrogen-bond acceptors (Lipinski definition) is 2. The predicted molar refractivity (Wildman–Crippen MR) is 48.7 cm³/mol. The smallest absolute Gasteiger partial charge is 0.236 e. The Morgan fingerprint density at radius 2 is 2.09 bits per heavy atom. The summed E-state index contributed by atoms with van der Waals surface area (Å²) in [6.45, 7) is 3.99. The van der Waals surface area contributed by atoms with Crippen LogP contribution in [0.3, 0.4) is 0 Å². The first kappa shape index (κ1) is 13.3. The fraction of sp³-hybridized carbons (Fsp3) is 0.857. The average molecular weight is 181 g/mol. The first-order chi connectivity index (χ1) is 4.63. The molecule has 2 atom stereocenters. The van der Waals surface area contributed by atoms with E-state index >= 15 is 0 Å². The van der Waals surface area contributed by atoms with Crippen LogP contribution in [-0.4, -0.2) is 19.0 Å². The van der Waals surface area contributed by atoms with Crippen molar-refractivity contribution >= 4 is 18.3 Å². The largest absolute Gasteiger partial charge is 0.358 e. The minimum absolute atomic E-state index is 0. The molecule has 0 radical (unpaired) electrons. The van der Waals surface area contributed by atoms with E-state index in [1.165, 1.54) is 0 Å². The molecule has 0 aromatic carbocycles. The summed E-state index contributed by atoms with van der Waals surface area (Å²) in [5.74, 6) is 0.189. The fourth-order valence-corrected chi connectivity index (χ4v) is 0.679. The van der Waals surface area contributed by atoms with Crippen molar-refractivity contribution < 1.29 is 4.79 Å². The molecule has 4 heteroatoms. The van der Waals surface area contributed by atoms with Gasteiger partial charge in [-0.25, -0.2) is 0 Å². The molecule has 68 valence electrons. The minimum atomic E-state index is -0.352. The maximum absolute atomic E-state index is 10.9. The maximum atomic E-state index is 10.9. The second-order valence-electron chi connectivity index (χ2n) is 2.53. The summed E-state index contributed by atoms with van der Waals surface area (Å²) >= 11 is 0. The number of hydrogen-bond donors (Lipinski definition) is 2. The Bertz CT molecular complexity index is 119. The molecular weight excluding hydrogens is 164 g/mol. The lowest BCUT2D eigenvalue weighted by atomic mass is 10.00. The highest BCUT2D eigenvalue weighted by molar-refractivity contribution is 5.85. The Morgan fingerprint density at radius 1 is 1.64 bits per heavy atom. The molecule has 11 heavy (non-hydrogen) atoms. The molecule has 0 saturated heterocycles. The van der Waals surface area contributed by atoms with Crippen LogP contribution in [0.1, 0.15) is 20.3 Å². The van der Waals surface area contributed by atoms with E-state index < -0.39 is 0 Å². The summed E-state index contributed by atoms with van der Waals surface area (Å²) in [4.78, 5) is 10.9. The van der Waals surface area contributed by atoms with E-state index in [0.717, 1.165) is 6.42 Å². The number of carbonyl (C=O) groups is 1. The number of rotatable bonds is 3. The summed E-state index contributed by atoms with van der Waals surface area (Å²) in [6, 6.07) is -0.352. The molecular formula is C7H17ClN2O. The molecule has 0 aliphatic carbocycles. The van der Waals surface area contributed by atoms with Gasteiger partial charge >= 0.3 is 0 Å². The Kier molecular flexibility index (Phi) is 7.79. The molecule has 0 unspecified atom stereocenters. The molecule has 0 aliphatic heterocycles. The van der Waals surface area contributed by atoms with Crippen LogP contribution in [0, 0.1) is 5.92 Å². The molecule has 0 aliphatic rings. The summed E-state index contributed by atoms with van der Waals surface area (Å²) in [5, 5.41) is 2.52. The lowest BCUT2D eigenvalue weighted by Gasteiger charge is -2.15. The number of halogens is 1. The molecule has 3 N–H and O–H groups in total. The second kappa shape index (κ2) is 6.43. The van der Waals surface area contributed by atoms with Crippen molar-refractivity contribution in [1.29, 1.82) is 0 Å². The van der Waals surface area contributed by atoms with Crippen molar-refractivity contribution in [2.45, 2.75) is 26.3 Å². The minimum Gasteiger partial charge on any atom is -0.358 e.